The smallest absolute Gasteiger partial charge is 0.160 e. The van der Waals surface area contributed by atoms with Gasteiger partial charge in [0.15, 0.2) is 5.82 Å². The first-order valence-electron chi connectivity index (χ1n) is 20.0. The van der Waals surface area contributed by atoms with E-state index in [0.29, 0.717) is 5.82 Å². The maximum absolute atomic E-state index is 5.37. The van der Waals surface area contributed by atoms with Gasteiger partial charge in [-0.1, -0.05) is 152 Å². The molecule has 3 heterocycles. The minimum absolute atomic E-state index is 0.457. The van der Waals surface area contributed by atoms with E-state index in [1.165, 1.54) is 44.5 Å². The van der Waals surface area contributed by atoms with Gasteiger partial charge in [0.25, 0.3) is 0 Å². The molecular formula is C55H34N4. The molecule has 274 valence electrons. The van der Waals surface area contributed by atoms with Crippen molar-refractivity contribution in [2.24, 2.45) is 0 Å². The lowest BCUT2D eigenvalue weighted by molar-refractivity contribution is 0.794. The third-order valence-corrected chi connectivity index (χ3v) is 12.2. The molecule has 0 N–H and O–H groups in total. The van der Waals surface area contributed by atoms with Crippen molar-refractivity contribution < 1.29 is 0 Å². The van der Waals surface area contributed by atoms with Crippen molar-refractivity contribution >= 4 is 10.9 Å². The summed E-state index contributed by atoms with van der Waals surface area (Å²) in [7, 11) is 0. The van der Waals surface area contributed by atoms with Gasteiger partial charge in [0.05, 0.1) is 22.3 Å². The van der Waals surface area contributed by atoms with Crippen LogP contribution in [0.1, 0.15) is 22.3 Å². The van der Waals surface area contributed by atoms with Gasteiger partial charge < -0.3 is 0 Å². The Hall–Kier alpha value is -7.82. The molecule has 4 heteroatoms. The second-order valence-electron chi connectivity index (χ2n) is 15.4. The van der Waals surface area contributed by atoms with E-state index in [1.54, 1.807) is 6.20 Å². The zero-order valence-corrected chi connectivity index (χ0v) is 31.9. The van der Waals surface area contributed by atoms with Crippen LogP contribution < -0.4 is 0 Å². The molecule has 59 heavy (non-hydrogen) atoms. The molecule has 0 fully saturated rings. The van der Waals surface area contributed by atoms with Crippen LogP contribution in [-0.4, -0.2) is 19.9 Å². The highest BCUT2D eigenvalue weighted by Crippen LogP contribution is 2.63. The van der Waals surface area contributed by atoms with E-state index in [1.807, 2.05) is 30.6 Å². The molecule has 0 saturated heterocycles. The van der Waals surface area contributed by atoms with Crippen LogP contribution in [0.15, 0.2) is 207 Å². The zero-order chi connectivity index (χ0) is 38.9. The van der Waals surface area contributed by atoms with E-state index in [9.17, 15) is 0 Å². The Morgan fingerprint density at radius 3 is 1.64 bits per heavy atom. The number of pyridine rings is 2. The molecule has 0 saturated carbocycles. The predicted octanol–water partition coefficient (Wildman–Crippen LogP) is 13.1. The number of hydrogen-bond acceptors (Lipinski definition) is 4. The molecule has 0 bridgehead atoms. The molecule has 4 nitrogen and oxygen atoms in total. The summed E-state index contributed by atoms with van der Waals surface area (Å²) in [6.45, 7) is 0. The van der Waals surface area contributed by atoms with Crippen LogP contribution in [0.25, 0.3) is 89.3 Å². The number of para-hydroxylation sites is 1. The Morgan fingerprint density at radius 1 is 0.339 bits per heavy atom. The van der Waals surface area contributed by atoms with Gasteiger partial charge in [-0.05, 0) is 92.0 Å². The van der Waals surface area contributed by atoms with E-state index in [0.717, 1.165) is 61.2 Å². The number of rotatable bonds is 5. The van der Waals surface area contributed by atoms with E-state index in [4.69, 9.17) is 15.0 Å². The molecule has 3 aromatic heterocycles. The van der Waals surface area contributed by atoms with Gasteiger partial charge in [0.2, 0.25) is 0 Å². The molecule has 0 aliphatic heterocycles. The van der Waals surface area contributed by atoms with E-state index < -0.39 is 5.41 Å². The first-order valence-corrected chi connectivity index (χ1v) is 20.0. The zero-order valence-electron chi connectivity index (χ0n) is 31.9. The molecule has 1 spiro atoms. The molecule has 2 aliphatic carbocycles. The van der Waals surface area contributed by atoms with Crippen molar-refractivity contribution in [3.8, 4) is 78.4 Å². The van der Waals surface area contributed by atoms with Crippen molar-refractivity contribution in [1.82, 2.24) is 19.9 Å². The Balaban J connectivity index is 1.04. The topological polar surface area (TPSA) is 51.6 Å². The van der Waals surface area contributed by atoms with Gasteiger partial charge in [0, 0.05) is 51.8 Å². The normalized spacial score (nSPS) is 12.9. The van der Waals surface area contributed by atoms with Crippen molar-refractivity contribution in [2.75, 3.05) is 0 Å². The standard InChI is InChI=1S/C55H34N4/c1-8-21-51-38(11-1)30-42(34-57-51)35-22-24-36(25-23-35)52-32-53(39-13-9-12-37(29-39)41-14-10-28-56-33-41)59-54(58-52)40-26-27-46-45-17-4-7-20-49(45)55(50(46)31-40)47-18-5-2-15-43(47)44-16-3-6-19-48(44)55/h1-34H. The van der Waals surface area contributed by atoms with E-state index in [2.05, 4.69) is 175 Å². The Kier molecular flexibility index (Phi) is 7.41. The Morgan fingerprint density at radius 2 is 0.932 bits per heavy atom. The monoisotopic (exact) mass is 750 g/mol. The van der Waals surface area contributed by atoms with Crippen molar-refractivity contribution in [1.29, 1.82) is 0 Å². The lowest BCUT2D eigenvalue weighted by Crippen LogP contribution is -2.25. The minimum Gasteiger partial charge on any atom is -0.264 e. The molecule has 10 aromatic rings. The first-order chi connectivity index (χ1) is 29.2. The van der Waals surface area contributed by atoms with Crippen LogP contribution >= 0.6 is 0 Å². The summed E-state index contributed by atoms with van der Waals surface area (Å²) in [6, 6.07) is 67.4. The third kappa shape index (κ3) is 5.16. The number of hydrogen-bond donors (Lipinski definition) is 0. The van der Waals surface area contributed by atoms with Crippen molar-refractivity contribution in [2.45, 2.75) is 5.41 Å². The fourth-order valence-electron chi connectivity index (χ4n) is 9.56. The maximum atomic E-state index is 5.37. The average molecular weight is 751 g/mol. The van der Waals surface area contributed by atoms with Crippen LogP contribution in [-0.2, 0) is 5.41 Å². The second-order valence-corrected chi connectivity index (χ2v) is 15.4. The summed E-state index contributed by atoms with van der Waals surface area (Å²) in [5.41, 5.74) is 19.9. The Bertz CT molecular complexity index is 3210. The quantitative estimate of drug-likeness (QED) is 0.176. The second kappa shape index (κ2) is 13.1. The van der Waals surface area contributed by atoms with Crippen LogP contribution in [0.3, 0.4) is 0 Å². The van der Waals surface area contributed by atoms with Gasteiger partial charge in [0.1, 0.15) is 0 Å². The van der Waals surface area contributed by atoms with Crippen LogP contribution in [0.5, 0.6) is 0 Å². The van der Waals surface area contributed by atoms with Gasteiger partial charge >= 0.3 is 0 Å². The highest BCUT2D eigenvalue weighted by molar-refractivity contribution is 5.96. The molecule has 2 aliphatic rings. The summed E-state index contributed by atoms with van der Waals surface area (Å²) in [6.07, 6.45) is 5.66. The lowest BCUT2D eigenvalue weighted by atomic mass is 9.70. The summed E-state index contributed by atoms with van der Waals surface area (Å²) < 4.78 is 0. The molecule has 0 amide bonds. The predicted molar refractivity (Wildman–Crippen MR) is 239 cm³/mol. The number of benzene rings is 7. The molecule has 12 rings (SSSR count). The first kappa shape index (κ1) is 33.3. The fraction of sp³-hybridized carbons (Fsp3) is 0.0182. The number of aromatic nitrogens is 4. The largest absolute Gasteiger partial charge is 0.264 e. The average Bonchev–Trinajstić information content (AvgIpc) is 3.79. The minimum atomic E-state index is -0.457. The van der Waals surface area contributed by atoms with E-state index >= 15 is 0 Å². The maximum Gasteiger partial charge on any atom is 0.160 e. The van der Waals surface area contributed by atoms with Gasteiger partial charge in [-0.2, -0.15) is 0 Å². The van der Waals surface area contributed by atoms with Crippen molar-refractivity contribution in [3.05, 3.63) is 229 Å². The van der Waals surface area contributed by atoms with Crippen LogP contribution in [0.2, 0.25) is 0 Å². The highest BCUT2D eigenvalue weighted by Gasteiger charge is 2.51. The molecule has 0 atom stereocenters. The van der Waals surface area contributed by atoms with Gasteiger partial charge in [-0.3, -0.25) is 9.97 Å². The van der Waals surface area contributed by atoms with Crippen LogP contribution in [0.4, 0.5) is 0 Å². The number of fused-ring (bicyclic) bond motifs is 11. The molecular weight excluding hydrogens is 717 g/mol. The SMILES string of the molecule is c1cncc(-c2cccc(-c3cc(-c4ccc(-c5cnc6ccccc6c5)cc4)nc(-c4ccc5c(c4)C4(c6ccccc6-c6ccccc64)c4ccccc4-5)n3)c2)c1. The molecule has 7 aromatic carbocycles. The van der Waals surface area contributed by atoms with E-state index in [-0.39, 0.29) is 0 Å². The molecule has 0 unspecified atom stereocenters. The highest BCUT2D eigenvalue weighted by atomic mass is 14.9. The van der Waals surface area contributed by atoms with Crippen molar-refractivity contribution in [3.63, 3.8) is 0 Å². The summed E-state index contributed by atoms with van der Waals surface area (Å²) >= 11 is 0. The molecule has 0 radical (unpaired) electrons. The van der Waals surface area contributed by atoms with Gasteiger partial charge in [-0.25, -0.2) is 9.97 Å². The van der Waals surface area contributed by atoms with Gasteiger partial charge in [-0.15, -0.1) is 0 Å². The fourth-order valence-corrected chi connectivity index (χ4v) is 9.56. The lowest BCUT2D eigenvalue weighted by Gasteiger charge is -2.30. The third-order valence-electron chi connectivity index (χ3n) is 12.2. The summed E-state index contributed by atoms with van der Waals surface area (Å²) in [5.74, 6) is 0.681. The van der Waals surface area contributed by atoms with Crippen LogP contribution in [0, 0.1) is 0 Å². The Labute approximate surface area is 342 Å². The number of nitrogens with zero attached hydrogens (tertiary/aromatic N) is 4. The summed E-state index contributed by atoms with van der Waals surface area (Å²) in [4.78, 5) is 19.8. The summed E-state index contributed by atoms with van der Waals surface area (Å²) in [5, 5.41) is 1.12.